The Labute approximate surface area is 161 Å². The standard InChI is InChI=1S/C19H20ClNO6/c20-13-5-11-8-25-10-27-17(11)12(6-13)9-26-16(22)7-21-18(23)14-3-1-2-4-15(14)19(21)24/h5-6,14-15H,1-4,7-10H2. The second-order valence-corrected chi connectivity index (χ2v) is 7.52. The van der Waals surface area contributed by atoms with Gasteiger partial charge in [0.1, 0.15) is 18.9 Å². The van der Waals surface area contributed by atoms with Crippen molar-refractivity contribution < 1.29 is 28.6 Å². The Morgan fingerprint density at radius 3 is 2.59 bits per heavy atom. The smallest absolute Gasteiger partial charge is 0.326 e. The van der Waals surface area contributed by atoms with Gasteiger partial charge in [0.05, 0.1) is 18.4 Å². The van der Waals surface area contributed by atoms with E-state index < -0.39 is 5.97 Å². The van der Waals surface area contributed by atoms with E-state index in [-0.39, 0.29) is 43.6 Å². The average Bonchev–Trinajstić information content (AvgIpc) is 2.91. The van der Waals surface area contributed by atoms with Crippen molar-refractivity contribution in [2.75, 3.05) is 13.3 Å². The summed E-state index contributed by atoms with van der Waals surface area (Å²) < 4.78 is 16.0. The summed E-state index contributed by atoms with van der Waals surface area (Å²) in [5.74, 6) is -1.07. The van der Waals surface area contributed by atoms with Gasteiger partial charge in [-0.25, -0.2) is 0 Å². The van der Waals surface area contributed by atoms with Crippen LogP contribution in [0, 0.1) is 11.8 Å². The summed E-state index contributed by atoms with van der Waals surface area (Å²) in [5.41, 5.74) is 1.41. The lowest BCUT2D eigenvalue weighted by Gasteiger charge is -2.21. The molecule has 2 unspecified atom stereocenters. The number of benzene rings is 1. The predicted molar refractivity (Wildman–Crippen MR) is 93.7 cm³/mol. The maximum absolute atomic E-state index is 12.4. The van der Waals surface area contributed by atoms with Crippen molar-refractivity contribution in [3.63, 3.8) is 0 Å². The first-order valence-corrected chi connectivity index (χ1v) is 9.45. The summed E-state index contributed by atoms with van der Waals surface area (Å²) in [6.45, 7) is 0.0910. The molecule has 7 nitrogen and oxygen atoms in total. The van der Waals surface area contributed by atoms with Gasteiger partial charge >= 0.3 is 5.97 Å². The van der Waals surface area contributed by atoms with Crippen LogP contribution in [0.1, 0.15) is 36.8 Å². The van der Waals surface area contributed by atoms with Gasteiger partial charge in [0, 0.05) is 16.1 Å². The fourth-order valence-corrected chi connectivity index (χ4v) is 4.35. The van der Waals surface area contributed by atoms with Gasteiger partial charge in [0.2, 0.25) is 11.8 Å². The summed E-state index contributed by atoms with van der Waals surface area (Å²) in [6.07, 6.45) is 3.33. The third-order valence-corrected chi connectivity index (χ3v) is 5.58. The van der Waals surface area contributed by atoms with Gasteiger partial charge in [-0.15, -0.1) is 0 Å². The molecule has 2 atom stereocenters. The highest BCUT2D eigenvalue weighted by atomic mass is 35.5. The number of nitrogens with zero attached hydrogens (tertiary/aromatic N) is 1. The monoisotopic (exact) mass is 393 g/mol. The van der Waals surface area contributed by atoms with Crippen LogP contribution in [0.4, 0.5) is 0 Å². The third kappa shape index (κ3) is 3.53. The lowest BCUT2D eigenvalue weighted by Crippen LogP contribution is -2.36. The fourth-order valence-electron chi connectivity index (χ4n) is 4.08. The zero-order valence-electron chi connectivity index (χ0n) is 14.7. The minimum atomic E-state index is -0.629. The molecular formula is C19H20ClNO6. The van der Waals surface area contributed by atoms with Crippen molar-refractivity contribution in [2.24, 2.45) is 11.8 Å². The van der Waals surface area contributed by atoms with E-state index in [9.17, 15) is 14.4 Å². The number of ether oxygens (including phenoxy) is 3. The number of likely N-dealkylation sites (tertiary alicyclic amines) is 1. The number of carbonyl (C=O) groups is 3. The second kappa shape index (κ2) is 7.48. The molecule has 1 aromatic carbocycles. The van der Waals surface area contributed by atoms with Crippen LogP contribution >= 0.6 is 11.6 Å². The molecule has 0 aromatic heterocycles. The van der Waals surface area contributed by atoms with E-state index in [2.05, 4.69) is 0 Å². The van der Waals surface area contributed by atoms with Gasteiger partial charge in [-0.2, -0.15) is 0 Å². The molecule has 4 rings (SSSR count). The van der Waals surface area contributed by atoms with Gasteiger partial charge in [0.15, 0.2) is 6.79 Å². The molecule has 0 bridgehead atoms. The Morgan fingerprint density at radius 2 is 1.89 bits per heavy atom. The first-order valence-electron chi connectivity index (χ1n) is 9.07. The Balaban J connectivity index is 1.40. The molecule has 1 saturated carbocycles. The highest BCUT2D eigenvalue weighted by Crippen LogP contribution is 2.38. The van der Waals surface area contributed by atoms with Crippen LogP contribution in [0.5, 0.6) is 5.75 Å². The molecule has 0 N–H and O–H groups in total. The minimum Gasteiger partial charge on any atom is -0.467 e. The highest BCUT2D eigenvalue weighted by molar-refractivity contribution is 6.30. The van der Waals surface area contributed by atoms with Gasteiger partial charge in [-0.05, 0) is 25.0 Å². The molecular weight excluding hydrogens is 374 g/mol. The van der Waals surface area contributed by atoms with Crippen molar-refractivity contribution in [3.05, 3.63) is 28.3 Å². The van der Waals surface area contributed by atoms with Crippen LogP contribution in [-0.4, -0.2) is 36.0 Å². The van der Waals surface area contributed by atoms with Crippen molar-refractivity contribution in [3.8, 4) is 5.75 Å². The van der Waals surface area contributed by atoms with Gasteiger partial charge < -0.3 is 14.2 Å². The number of halogens is 1. The Bertz CT molecular complexity index is 771. The summed E-state index contributed by atoms with van der Waals surface area (Å²) in [4.78, 5) is 38.2. The summed E-state index contributed by atoms with van der Waals surface area (Å²) in [6, 6.07) is 3.41. The molecule has 2 amide bonds. The Morgan fingerprint density at radius 1 is 1.19 bits per heavy atom. The molecule has 3 aliphatic rings. The number of amides is 2. The molecule has 0 spiro atoms. The number of carbonyl (C=O) groups excluding carboxylic acids is 3. The lowest BCUT2D eigenvalue weighted by atomic mass is 9.81. The van der Waals surface area contributed by atoms with Crippen molar-refractivity contribution >= 4 is 29.4 Å². The number of esters is 1. The number of hydrogen-bond acceptors (Lipinski definition) is 6. The summed E-state index contributed by atoms with van der Waals surface area (Å²) >= 11 is 6.09. The van der Waals surface area contributed by atoms with Gasteiger partial charge in [-0.1, -0.05) is 24.4 Å². The fraction of sp³-hybridized carbons (Fsp3) is 0.526. The molecule has 1 aliphatic carbocycles. The van der Waals surface area contributed by atoms with Crippen LogP contribution in [0.3, 0.4) is 0 Å². The lowest BCUT2D eigenvalue weighted by molar-refractivity contribution is -0.153. The summed E-state index contributed by atoms with van der Waals surface area (Å²) in [5, 5.41) is 0.489. The molecule has 1 saturated heterocycles. The highest BCUT2D eigenvalue weighted by Gasteiger charge is 2.48. The molecule has 2 heterocycles. The Hall–Kier alpha value is -2.12. The largest absolute Gasteiger partial charge is 0.467 e. The van der Waals surface area contributed by atoms with Crippen molar-refractivity contribution in [1.29, 1.82) is 0 Å². The normalized spacial score (nSPS) is 24.3. The van der Waals surface area contributed by atoms with E-state index in [4.69, 9.17) is 25.8 Å². The predicted octanol–water partition coefficient (Wildman–Crippen LogP) is 2.42. The Kier molecular flexibility index (Phi) is 5.06. The van der Waals surface area contributed by atoms with E-state index in [1.807, 2.05) is 0 Å². The number of rotatable bonds is 4. The maximum atomic E-state index is 12.4. The minimum absolute atomic E-state index is 0.0508. The molecule has 0 radical (unpaired) electrons. The molecule has 1 aromatic rings. The van der Waals surface area contributed by atoms with E-state index in [0.29, 0.717) is 22.9 Å². The van der Waals surface area contributed by atoms with Crippen LogP contribution in [0.15, 0.2) is 12.1 Å². The topological polar surface area (TPSA) is 82.1 Å². The van der Waals surface area contributed by atoms with E-state index in [0.717, 1.165) is 36.1 Å². The van der Waals surface area contributed by atoms with Crippen LogP contribution in [0.25, 0.3) is 0 Å². The first kappa shape index (κ1) is 18.3. The zero-order chi connectivity index (χ0) is 19.0. The molecule has 2 fully saturated rings. The number of imide groups is 1. The third-order valence-electron chi connectivity index (χ3n) is 5.36. The van der Waals surface area contributed by atoms with Gasteiger partial charge in [0.25, 0.3) is 0 Å². The van der Waals surface area contributed by atoms with Crippen molar-refractivity contribution in [2.45, 2.75) is 38.9 Å². The summed E-state index contributed by atoms with van der Waals surface area (Å²) in [7, 11) is 0. The van der Waals surface area contributed by atoms with Crippen LogP contribution in [-0.2, 0) is 37.1 Å². The zero-order valence-corrected chi connectivity index (χ0v) is 15.5. The van der Waals surface area contributed by atoms with Crippen LogP contribution in [0.2, 0.25) is 5.02 Å². The van der Waals surface area contributed by atoms with E-state index in [1.54, 1.807) is 12.1 Å². The SMILES string of the molecule is O=C(CN1C(=O)C2CCCCC2C1=O)OCc1cc(Cl)cc2c1OCOC2. The maximum Gasteiger partial charge on any atom is 0.326 e. The van der Waals surface area contributed by atoms with E-state index >= 15 is 0 Å². The quantitative estimate of drug-likeness (QED) is 0.577. The first-order chi connectivity index (χ1) is 13.0. The number of fused-ring (bicyclic) bond motifs is 2. The number of hydrogen-bond donors (Lipinski definition) is 0. The average molecular weight is 394 g/mol. The second-order valence-electron chi connectivity index (χ2n) is 7.08. The molecule has 144 valence electrons. The van der Waals surface area contributed by atoms with E-state index in [1.165, 1.54) is 0 Å². The molecule has 8 heteroatoms. The van der Waals surface area contributed by atoms with Gasteiger partial charge in [-0.3, -0.25) is 19.3 Å². The van der Waals surface area contributed by atoms with Crippen LogP contribution < -0.4 is 4.74 Å². The van der Waals surface area contributed by atoms with Crippen molar-refractivity contribution in [1.82, 2.24) is 4.90 Å². The molecule has 2 aliphatic heterocycles. The molecule has 27 heavy (non-hydrogen) atoms.